The fraction of sp³-hybridized carbons (Fsp3) is 0.417. The summed E-state index contributed by atoms with van der Waals surface area (Å²) in [5, 5.41) is 14.5. The number of rotatable bonds is 4. The van der Waals surface area contributed by atoms with Crippen LogP contribution >= 0.6 is 0 Å². The first-order valence-corrected chi connectivity index (χ1v) is 5.42. The highest BCUT2D eigenvalue weighted by molar-refractivity contribution is 5.84. The minimum Gasteiger partial charge on any atom is -0.409 e. The van der Waals surface area contributed by atoms with Gasteiger partial charge in [0.15, 0.2) is 5.84 Å². The lowest BCUT2D eigenvalue weighted by molar-refractivity contribution is 0.315. The van der Waals surface area contributed by atoms with Crippen molar-refractivity contribution in [3.05, 3.63) is 34.6 Å². The Bertz CT molecular complexity index is 409. The molecule has 1 unspecified atom stereocenters. The smallest absolute Gasteiger partial charge is 0.156 e. The predicted octanol–water partition coefficient (Wildman–Crippen LogP) is 1.67. The third-order valence-corrected chi connectivity index (χ3v) is 2.67. The van der Waals surface area contributed by atoms with Crippen molar-refractivity contribution in [1.82, 2.24) is 5.32 Å². The van der Waals surface area contributed by atoms with E-state index in [2.05, 4.69) is 10.5 Å². The number of amidine groups is 1. The van der Waals surface area contributed by atoms with Crippen LogP contribution in [0.3, 0.4) is 0 Å². The summed E-state index contributed by atoms with van der Waals surface area (Å²) in [5.41, 5.74) is 7.66. The van der Waals surface area contributed by atoms with E-state index in [1.807, 2.05) is 0 Å². The first-order chi connectivity index (χ1) is 7.95. The van der Waals surface area contributed by atoms with Gasteiger partial charge in [-0.15, -0.1) is 0 Å². The molecule has 0 heterocycles. The van der Waals surface area contributed by atoms with Gasteiger partial charge in [-0.2, -0.15) is 0 Å². The number of nitrogens with two attached hydrogens (primary N) is 1. The second-order valence-corrected chi connectivity index (χ2v) is 4.17. The van der Waals surface area contributed by atoms with Gasteiger partial charge in [0, 0.05) is 6.54 Å². The minimum atomic E-state index is -0.231. The Kier molecular flexibility index (Phi) is 4.45. The van der Waals surface area contributed by atoms with Crippen molar-refractivity contribution in [2.75, 3.05) is 0 Å². The van der Waals surface area contributed by atoms with Crippen molar-refractivity contribution in [2.45, 2.75) is 33.4 Å². The molecule has 1 rings (SSSR count). The van der Waals surface area contributed by atoms with Crippen molar-refractivity contribution >= 4 is 5.84 Å². The van der Waals surface area contributed by atoms with E-state index in [0.717, 1.165) is 5.56 Å². The zero-order chi connectivity index (χ0) is 13.0. The van der Waals surface area contributed by atoms with E-state index in [1.54, 1.807) is 32.9 Å². The van der Waals surface area contributed by atoms with Crippen molar-refractivity contribution in [2.24, 2.45) is 10.9 Å². The van der Waals surface area contributed by atoms with Crippen LogP contribution in [0.15, 0.2) is 17.3 Å². The van der Waals surface area contributed by atoms with Crippen LogP contribution in [0.5, 0.6) is 0 Å². The van der Waals surface area contributed by atoms with Gasteiger partial charge in [-0.1, -0.05) is 17.3 Å². The summed E-state index contributed by atoms with van der Waals surface area (Å²) < 4.78 is 13.4. The van der Waals surface area contributed by atoms with Crippen LogP contribution in [0.2, 0.25) is 0 Å². The van der Waals surface area contributed by atoms with Gasteiger partial charge in [0.1, 0.15) is 5.82 Å². The molecular formula is C12H18FN3O. The van der Waals surface area contributed by atoms with E-state index >= 15 is 0 Å². The highest BCUT2D eigenvalue weighted by Crippen LogP contribution is 2.14. The second kappa shape index (κ2) is 5.63. The number of aryl methyl sites for hydroxylation is 2. The number of hydrogen-bond acceptors (Lipinski definition) is 3. The molecule has 0 spiro atoms. The Labute approximate surface area is 100 Å². The van der Waals surface area contributed by atoms with E-state index < -0.39 is 0 Å². The molecule has 1 atom stereocenters. The van der Waals surface area contributed by atoms with Gasteiger partial charge in [0.2, 0.25) is 0 Å². The maximum atomic E-state index is 13.4. The molecule has 4 N–H and O–H groups in total. The summed E-state index contributed by atoms with van der Waals surface area (Å²) in [4.78, 5) is 0. The third kappa shape index (κ3) is 3.42. The molecule has 0 bridgehead atoms. The van der Waals surface area contributed by atoms with Gasteiger partial charge in [0.05, 0.1) is 6.04 Å². The van der Waals surface area contributed by atoms with E-state index in [0.29, 0.717) is 17.7 Å². The fourth-order valence-electron chi connectivity index (χ4n) is 1.60. The van der Waals surface area contributed by atoms with Gasteiger partial charge >= 0.3 is 0 Å². The molecule has 4 nitrogen and oxygen atoms in total. The zero-order valence-corrected chi connectivity index (χ0v) is 10.3. The van der Waals surface area contributed by atoms with Gasteiger partial charge in [-0.25, -0.2) is 4.39 Å². The monoisotopic (exact) mass is 239 g/mol. The summed E-state index contributed by atoms with van der Waals surface area (Å²) in [7, 11) is 0. The summed E-state index contributed by atoms with van der Waals surface area (Å²) in [6, 6.07) is 3.34. The SMILES string of the molecule is Cc1cc(CNC(C)C(N)=NO)cc(C)c1F. The quantitative estimate of drug-likeness (QED) is 0.324. The molecular weight excluding hydrogens is 221 g/mol. The standard InChI is InChI=1S/C12H18FN3O/c1-7-4-10(5-8(2)11(7)13)6-15-9(3)12(14)16-17/h4-5,9,15,17H,6H2,1-3H3,(H2,14,16). The first-order valence-electron chi connectivity index (χ1n) is 5.42. The van der Waals surface area contributed by atoms with Crippen molar-refractivity contribution in [3.63, 3.8) is 0 Å². The Morgan fingerprint density at radius 3 is 2.47 bits per heavy atom. The van der Waals surface area contributed by atoms with Crippen LogP contribution in [0, 0.1) is 19.7 Å². The molecule has 5 heteroatoms. The molecule has 0 fully saturated rings. The number of halogens is 1. The lowest BCUT2D eigenvalue weighted by atomic mass is 10.1. The summed E-state index contributed by atoms with van der Waals surface area (Å²) in [6.07, 6.45) is 0. The van der Waals surface area contributed by atoms with Gasteiger partial charge < -0.3 is 16.3 Å². The van der Waals surface area contributed by atoms with Crippen molar-refractivity contribution in [1.29, 1.82) is 0 Å². The molecule has 1 aromatic carbocycles. The molecule has 0 radical (unpaired) electrons. The Morgan fingerprint density at radius 1 is 1.47 bits per heavy atom. The average Bonchev–Trinajstić information content (AvgIpc) is 2.31. The van der Waals surface area contributed by atoms with Crippen LogP contribution < -0.4 is 11.1 Å². The molecule has 0 saturated carbocycles. The summed E-state index contributed by atoms with van der Waals surface area (Å²) in [6.45, 7) is 5.80. The number of nitrogens with zero attached hydrogens (tertiary/aromatic N) is 1. The molecule has 1 aromatic rings. The molecule has 0 aliphatic carbocycles. The molecule has 0 aromatic heterocycles. The maximum Gasteiger partial charge on any atom is 0.156 e. The van der Waals surface area contributed by atoms with Gasteiger partial charge in [-0.3, -0.25) is 0 Å². The number of benzene rings is 1. The lowest BCUT2D eigenvalue weighted by Gasteiger charge is -2.13. The van der Waals surface area contributed by atoms with E-state index in [-0.39, 0.29) is 17.7 Å². The van der Waals surface area contributed by atoms with Crippen LogP contribution in [0.1, 0.15) is 23.6 Å². The number of hydrogen-bond donors (Lipinski definition) is 3. The summed E-state index contributed by atoms with van der Waals surface area (Å²) >= 11 is 0. The average molecular weight is 239 g/mol. The molecule has 17 heavy (non-hydrogen) atoms. The molecule has 0 aliphatic rings. The molecule has 0 aliphatic heterocycles. The van der Waals surface area contributed by atoms with E-state index in [1.165, 1.54) is 0 Å². The largest absolute Gasteiger partial charge is 0.409 e. The zero-order valence-electron chi connectivity index (χ0n) is 10.3. The van der Waals surface area contributed by atoms with Crippen LogP contribution in [-0.2, 0) is 6.54 Å². The van der Waals surface area contributed by atoms with E-state index in [9.17, 15) is 4.39 Å². The number of oxime groups is 1. The molecule has 0 amide bonds. The van der Waals surface area contributed by atoms with Gasteiger partial charge in [-0.05, 0) is 37.5 Å². The lowest BCUT2D eigenvalue weighted by Crippen LogP contribution is -2.38. The van der Waals surface area contributed by atoms with E-state index in [4.69, 9.17) is 10.9 Å². The van der Waals surface area contributed by atoms with Crippen LogP contribution in [0.4, 0.5) is 4.39 Å². The third-order valence-electron chi connectivity index (χ3n) is 2.67. The second-order valence-electron chi connectivity index (χ2n) is 4.17. The Balaban J connectivity index is 2.71. The highest BCUT2D eigenvalue weighted by atomic mass is 19.1. The Morgan fingerprint density at radius 2 is 2.00 bits per heavy atom. The molecule has 94 valence electrons. The van der Waals surface area contributed by atoms with Gasteiger partial charge in [0.25, 0.3) is 0 Å². The maximum absolute atomic E-state index is 13.4. The van der Waals surface area contributed by atoms with Crippen LogP contribution in [0.25, 0.3) is 0 Å². The number of nitrogens with one attached hydrogen (secondary N) is 1. The van der Waals surface area contributed by atoms with Crippen LogP contribution in [-0.4, -0.2) is 17.1 Å². The minimum absolute atomic E-state index is 0.126. The molecule has 0 saturated heterocycles. The summed E-state index contributed by atoms with van der Waals surface area (Å²) in [5.74, 6) is -0.0428. The fourth-order valence-corrected chi connectivity index (χ4v) is 1.60. The Hall–Kier alpha value is -1.62. The topological polar surface area (TPSA) is 70.6 Å². The predicted molar refractivity (Wildman–Crippen MR) is 65.6 cm³/mol. The highest BCUT2D eigenvalue weighted by Gasteiger charge is 2.08. The normalized spacial score (nSPS) is 13.8. The van der Waals surface area contributed by atoms with Crippen molar-refractivity contribution in [3.8, 4) is 0 Å². The van der Waals surface area contributed by atoms with Crippen molar-refractivity contribution < 1.29 is 9.60 Å². The first kappa shape index (κ1) is 13.4.